The first-order valence-corrected chi connectivity index (χ1v) is 10.4. The fourth-order valence-electron chi connectivity index (χ4n) is 3.69. The van der Waals surface area contributed by atoms with Gasteiger partial charge in [-0.1, -0.05) is 30.3 Å². The molecule has 1 aliphatic rings. The SMILES string of the molecule is C[C@H](Cn1cccn1)NC(=O)C(=O)NCc1ccc(N2CCc3ccccc3C2)nc1. The number of amides is 2. The summed E-state index contributed by atoms with van der Waals surface area (Å²) in [5.74, 6) is -0.407. The van der Waals surface area contributed by atoms with E-state index in [9.17, 15) is 9.59 Å². The molecule has 8 heteroatoms. The van der Waals surface area contributed by atoms with E-state index in [0.29, 0.717) is 6.54 Å². The predicted octanol–water partition coefficient (Wildman–Crippen LogP) is 1.66. The highest BCUT2D eigenvalue weighted by molar-refractivity contribution is 6.35. The van der Waals surface area contributed by atoms with Gasteiger partial charge in [-0.2, -0.15) is 5.10 Å². The van der Waals surface area contributed by atoms with Gasteiger partial charge in [0.2, 0.25) is 0 Å². The molecule has 31 heavy (non-hydrogen) atoms. The fourth-order valence-corrected chi connectivity index (χ4v) is 3.69. The van der Waals surface area contributed by atoms with E-state index in [2.05, 4.69) is 49.9 Å². The van der Waals surface area contributed by atoms with Crippen LogP contribution in [-0.2, 0) is 35.6 Å². The second-order valence-electron chi connectivity index (χ2n) is 7.75. The lowest BCUT2D eigenvalue weighted by molar-refractivity contribution is -0.139. The zero-order valence-electron chi connectivity index (χ0n) is 17.5. The van der Waals surface area contributed by atoms with Crippen molar-refractivity contribution in [3.8, 4) is 0 Å². The molecule has 3 aromatic rings. The summed E-state index contributed by atoms with van der Waals surface area (Å²) in [6.45, 7) is 4.34. The minimum atomic E-state index is -0.663. The molecule has 0 unspecified atom stereocenters. The Hall–Kier alpha value is -3.68. The number of hydrogen-bond acceptors (Lipinski definition) is 5. The molecule has 0 fully saturated rings. The Morgan fingerprint density at radius 3 is 2.68 bits per heavy atom. The van der Waals surface area contributed by atoms with Crippen molar-refractivity contribution in [3.63, 3.8) is 0 Å². The van der Waals surface area contributed by atoms with Gasteiger partial charge in [-0.05, 0) is 42.2 Å². The molecule has 0 saturated heterocycles. The maximum absolute atomic E-state index is 12.1. The topological polar surface area (TPSA) is 92.1 Å². The Bertz CT molecular complexity index is 1030. The van der Waals surface area contributed by atoms with E-state index in [4.69, 9.17) is 0 Å². The molecule has 1 aliphatic heterocycles. The molecule has 0 spiro atoms. The molecule has 0 saturated carbocycles. The van der Waals surface area contributed by atoms with Gasteiger partial charge < -0.3 is 15.5 Å². The van der Waals surface area contributed by atoms with E-state index in [1.54, 1.807) is 17.1 Å². The minimum Gasteiger partial charge on any atom is -0.352 e. The molecule has 3 heterocycles. The van der Waals surface area contributed by atoms with Gasteiger partial charge in [0.15, 0.2) is 0 Å². The zero-order chi connectivity index (χ0) is 21.6. The van der Waals surface area contributed by atoms with Crippen LogP contribution in [0.4, 0.5) is 5.82 Å². The lowest BCUT2D eigenvalue weighted by Crippen LogP contribution is -2.44. The highest BCUT2D eigenvalue weighted by atomic mass is 16.2. The van der Waals surface area contributed by atoms with Crippen LogP contribution in [0.5, 0.6) is 0 Å². The van der Waals surface area contributed by atoms with Gasteiger partial charge in [0.25, 0.3) is 0 Å². The number of carbonyl (C=O) groups excluding carboxylic acids is 2. The third-order valence-corrected chi connectivity index (χ3v) is 5.32. The highest BCUT2D eigenvalue weighted by Gasteiger charge is 2.18. The normalized spacial score (nSPS) is 13.9. The molecule has 1 aromatic carbocycles. The van der Waals surface area contributed by atoms with E-state index in [-0.39, 0.29) is 12.6 Å². The minimum absolute atomic E-state index is 0.214. The first-order valence-electron chi connectivity index (χ1n) is 10.4. The van der Waals surface area contributed by atoms with Crippen molar-refractivity contribution >= 4 is 17.6 Å². The Labute approximate surface area is 181 Å². The number of benzene rings is 1. The molecule has 1 atom stereocenters. The zero-order valence-corrected chi connectivity index (χ0v) is 17.5. The van der Waals surface area contributed by atoms with Crippen LogP contribution >= 0.6 is 0 Å². The molecular formula is C23H26N6O2. The van der Waals surface area contributed by atoms with E-state index in [0.717, 1.165) is 30.9 Å². The molecule has 2 amide bonds. The summed E-state index contributed by atoms with van der Waals surface area (Å²) in [6, 6.07) is 14.0. The molecule has 0 aliphatic carbocycles. The number of hydrogen-bond donors (Lipinski definition) is 2. The Balaban J connectivity index is 1.25. The third-order valence-electron chi connectivity index (χ3n) is 5.32. The summed E-state index contributed by atoms with van der Waals surface area (Å²) in [7, 11) is 0. The van der Waals surface area contributed by atoms with Crippen molar-refractivity contribution in [3.05, 3.63) is 77.7 Å². The predicted molar refractivity (Wildman–Crippen MR) is 117 cm³/mol. The largest absolute Gasteiger partial charge is 0.352 e. The average molecular weight is 419 g/mol. The van der Waals surface area contributed by atoms with Crippen LogP contribution in [0.3, 0.4) is 0 Å². The lowest BCUT2D eigenvalue weighted by atomic mass is 10.00. The second kappa shape index (κ2) is 9.42. The van der Waals surface area contributed by atoms with Gasteiger partial charge >= 0.3 is 11.8 Å². The van der Waals surface area contributed by atoms with Crippen LogP contribution in [0.15, 0.2) is 61.1 Å². The molecule has 0 radical (unpaired) electrons. The van der Waals surface area contributed by atoms with Crippen molar-refractivity contribution in [2.24, 2.45) is 0 Å². The Morgan fingerprint density at radius 2 is 1.94 bits per heavy atom. The average Bonchev–Trinajstić information content (AvgIpc) is 3.30. The van der Waals surface area contributed by atoms with Crippen molar-refractivity contribution in [2.75, 3.05) is 11.4 Å². The lowest BCUT2D eigenvalue weighted by Gasteiger charge is -2.29. The second-order valence-corrected chi connectivity index (χ2v) is 7.75. The van der Waals surface area contributed by atoms with Crippen molar-refractivity contribution in [2.45, 2.75) is 39.0 Å². The van der Waals surface area contributed by atoms with E-state index in [1.165, 1.54) is 11.1 Å². The molecule has 4 rings (SSSR count). The standard InChI is InChI=1S/C23H26N6O2/c1-17(15-29-11-4-10-26-29)27-23(31)22(30)25-14-18-7-8-21(24-13-18)28-12-9-19-5-2-3-6-20(19)16-28/h2-8,10-11,13,17H,9,12,14-16H2,1H3,(H,25,30)(H,27,31)/t17-/m1/s1. The molecular weight excluding hydrogens is 392 g/mol. The molecule has 160 valence electrons. The molecule has 0 bridgehead atoms. The van der Waals surface area contributed by atoms with Gasteiger partial charge in [0, 0.05) is 44.3 Å². The smallest absolute Gasteiger partial charge is 0.309 e. The third kappa shape index (κ3) is 5.28. The van der Waals surface area contributed by atoms with Gasteiger partial charge in [-0.25, -0.2) is 4.98 Å². The van der Waals surface area contributed by atoms with Gasteiger partial charge in [-0.15, -0.1) is 0 Å². The Kier molecular flexibility index (Phi) is 6.26. The summed E-state index contributed by atoms with van der Waals surface area (Å²) in [4.78, 5) is 31.0. The quantitative estimate of drug-likeness (QED) is 0.594. The molecule has 8 nitrogen and oxygen atoms in total. The van der Waals surface area contributed by atoms with Gasteiger partial charge in [0.05, 0.1) is 6.54 Å². The van der Waals surface area contributed by atoms with Crippen LogP contribution in [0.1, 0.15) is 23.6 Å². The number of aromatic nitrogens is 3. The Morgan fingerprint density at radius 1 is 1.10 bits per heavy atom. The number of nitrogens with one attached hydrogen (secondary N) is 2. The summed E-state index contributed by atoms with van der Waals surface area (Å²) in [6.07, 6.45) is 6.23. The van der Waals surface area contributed by atoms with E-state index < -0.39 is 11.8 Å². The van der Waals surface area contributed by atoms with Crippen LogP contribution in [-0.4, -0.2) is 39.2 Å². The first kappa shape index (κ1) is 20.6. The number of carbonyl (C=O) groups is 2. The first-order chi connectivity index (χ1) is 15.1. The summed E-state index contributed by atoms with van der Waals surface area (Å²) < 4.78 is 1.71. The summed E-state index contributed by atoms with van der Waals surface area (Å²) in [5, 5.41) is 9.42. The highest BCUT2D eigenvalue weighted by Crippen LogP contribution is 2.22. The number of anilines is 1. The summed E-state index contributed by atoms with van der Waals surface area (Å²) in [5.41, 5.74) is 3.57. The molecule has 2 N–H and O–H groups in total. The van der Waals surface area contributed by atoms with Crippen molar-refractivity contribution in [1.29, 1.82) is 0 Å². The monoisotopic (exact) mass is 418 g/mol. The van der Waals surface area contributed by atoms with Gasteiger partial charge in [0.1, 0.15) is 5.82 Å². The number of rotatable bonds is 6. The fraction of sp³-hybridized carbons (Fsp3) is 0.304. The number of fused-ring (bicyclic) bond motifs is 1. The van der Waals surface area contributed by atoms with Gasteiger partial charge in [-0.3, -0.25) is 14.3 Å². The maximum Gasteiger partial charge on any atom is 0.309 e. The van der Waals surface area contributed by atoms with Crippen molar-refractivity contribution in [1.82, 2.24) is 25.4 Å². The van der Waals surface area contributed by atoms with E-state index >= 15 is 0 Å². The summed E-state index contributed by atoms with van der Waals surface area (Å²) >= 11 is 0. The number of pyridine rings is 1. The molecule has 2 aromatic heterocycles. The maximum atomic E-state index is 12.1. The van der Waals surface area contributed by atoms with E-state index in [1.807, 2.05) is 31.3 Å². The van der Waals surface area contributed by atoms with Crippen LogP contribution in [0.2, 0.25) is 0 Å². The van der Waals surface area contributed by atoms with Crippen LogP contribution < -0.4 is 15.5 Å². The van der Waals surface area contributed by atoms with Crippen LogP contribution in [0.25, 0.3) is 0 Å². The van der Waals surface area contributed by atoms with Crippen molar-refractivity contribution < 1.29 is 9.59 Å². The van der Waals surface area contributed by atoms with Crippen LogP contribution in [0, 0.1) is 0 Å². The number of nitrogens with zero attached hydrogens (tertiary/aromatic N) is 4.